The molecule has 5 nitrogen and oxygen atoms in total. The first-order valence-electron chi connectivity index (χ1n) is 9.69. The number of carbonyl (C=O) groups excluding carboxylic acids is 1. The summed E-state index contributed by atoms with van der Waals surface area (Å²) < 4.78 is 1.74. The highest BCUT2D eigenvalue weighted by atomic mass is 32.2. The predicted molar refractivity (Wildman–Crippen MR) is 113 cm³/mol. The molecule has 2 atom stereocenters. The summed E-state index contributed by atoms with van der Waals surface area (Å²) in [6.45, 7) is 14.1. The van der Waals surface area contributed by atoms with Gasteiger partial charge in [0.05, 0.1) is 16.2 Å². The van der Waals surface area contributed by atoms with Crippen LogP contribution in [0.4, 0.5) is 0 Å². The number of thioether (sulfide) groups is 1. The fourth-order valence-electron chi connectivity index (χ4n) is 3.30. The third kappa shape index (κ3) is 4.54. The molecule has 27 heavy (non-hydrogen) atoms. The average Bonchev–Trinajstić information content (AvgIpc) is 2.60. The molecule has 0 saturated carbocycles. The number of amides is 1. The average molecular weight is 390 g/mol. The Morgan fingerprint density at radius 1 is 1.11 bits per heavy atom. The molecule has 148 valence electrons. The summed E-state index contributed by atoms with van der Waals surface area (Å²) in [5.41, 5.74) is 0.635. The molecule has 2 aromatic rings. The van der Waals surface area contributed by atoms with Crippen LogP contribution in [0.5, 0.6) is 0 Å². The maximum absolute atomic E-state index is 13.1. The summed E-state index contributed by atoms with van der Waals surface area (Å²) in [5.74, 6) is 0.0723. The van der Waals surface area contributed by atoms with E-state index in [9.17, 15) is 9.59 Å². The molecule has 0 radical (unpaired) electrons. The summed E-state index contributed by atoms with van der Waals surface area (Å²) in [7, 11) is 0. The molecule has 0 bridgehead atoms. The van der Waals surface area contributed by atoms with Gasteiger partial charge >= 0.3 is 0 Å². The Hall–Kier alpha value is -1.82. The van der Waals surface area contributed by atoms with Gasteiger partial charge in [0.1, 0.15) is 0 Å². The van der Waals surface area contributed by atoms with Crippen molar-refractivity contribution in [2.75, 3.05) is 0 Å². The van der Waals surface area contributed by atoms with Crippen LogP contribution in [-0.4, -0.2) is 37.7 Å². The van der Waals surface area contributed by atoms with Gasteiger partial charge in [-0.2, -0.15) is 0 Å². The molecule has 0 aliphatic heterocycles. The number of aromatic nitrogens is 2. The van der Waals surface area contributed by atoms with Crippen molar-refractivity contribution >= 4 is 28.6 Å². The smallest absolute Gasteiger partial charge is 0.262 e. The second-order valence-corrected chi connectivity index (χ2v) is 8.84. The van der Waals surface area contributed by atoms with Gasteiger partial charge in [-0.3, -0.25) is 14.2 Å². The first-order chi connectivity index (χ1) is 12.7. The molecule has 0 aliphatic carbocycles. The molecular formula is C21H31N3O2S. The Morgan fingerprint density at radius 3 is 2.26 bits per heavy atom. The zero-order valence-corrected chi connectivity index (χ0v) is 18.2. The maximum Gasteiger partial charge on any atom is 0.262 e. The van der Waals surface area contributed by atoms with Gasteiger partial charge in [0.2, 0.25) is 5.91 Å². The van der Waals surface area contributed by atoms with Crippen LogP contribution < -0.4 is 5.56 Å². The summed E-state index contributed by atoms with van der Waals surface area (Å²) in [4.78, 5) is 32.7. The number of fused-ring (bicyclic) bond motifs is 1. The van der Waals surface area contributed by atoms with Crippen molar-refractivity contribution in [3.8, 4) is 0 Å². The highest BCUT2D eigenvalue weighted by molar-refractivity contribution is 8.00. The lowest BCUT2D eigenvalue weighted by molar-refractivity contribution is -0.133. The Morgan fingerprint density at radius 2 is 1.70 bits per heavy atom. The number of hydrogen-bond acceptors (Lipinski definition) is 4. The van der Waals surface area contributed by atoms with Gasteiger partial charge in [-0.1, -0.05) is 30.8 Å². The van der Waals surface area contributed by atoms with Crippen LogP contribution in [0.3, 0.4) is 0 Å². The lowest BCUT2D eigenvalue weighted by atomic mass is 10.2. The molecule has 0 spiro atoms. The lowest BCUT2D eigenvalue weighted by Gasteiger charge is -2.33. The van der Waals surface area contributed by atoms with Gasteiger partial charge in [0, 0.05) is 18.1 Å². The largest absolute Gasteiger partial charge is 0.337 e. The molecule has 6 heteroatoms. The van der Waals surface area contributed by atoms with Crippen molar-refractivity contribution in [1.29, 1.82) is 0 Å². The van der Waals surface area contributed by atoms with E-state index < -0.39 is 0 Å². The molecule has 0 saturated heterocycles. The topological polar surface area (TPSA) is 55.2 Å². The van der Waals surface area contributed by atoms with E-state index in [4.69, 9.17) is 4.98 Å². The van der Waals surface area contributed by atoms with E-state index in [0.29, 0.717) is 16.1 Å². The van der Waals surface area contributed by atoms with Crippen LogP contribution in [0.25, 0.3) is 10.9 Å². The molecule has 1 aromatic heterocycles. The van der Waals surface area contributed by atoms with E-state index in [2.05, 4.69) is 6.92 Å². The normalized spacial score (nSPS) is 14.0. The first kappa shape index (κ1) is 21.5. The Balaban J connectivity index is 2.48. The predicted octanol–water partition coefficient (Wildman–Crippen LogP) is 4.49. The summed E-state index contributed by atoms with van der Waals surface area (Å²) in [6.07, 6.45) is 0.819. The number of rotatable bonds is 7. The Bertz CT molecular complexity index is 852. The van der Waals surface area contributed by atoms with Gasteiger partial charge in [0.25, 0.3) is 5.56 Å². The second kappa shape index (κ2) is 8.91. The van der Waals surface area contributed by atoms with Gasteiger partial charge < -0.3 is 4.90 Å². The number of hydrogen-bond donors (Lipinski definition) is 0. The molecule has 2 rings (SSSR count). The standard InChI is InChI=1S/C21H31N3O2S/c1-8-15(6)24-20(26)17-11-9-10-12-18(17)22-21(24)27-16(7)19(25)23(13(2)3)14(4)5/h9-16H,8H2,1-7H3/t15-,16-/m0/s1. The molecular weight excluding hydrogens is 358 g/mol. The first-order valence-corrected chi connectivity index (χ1v) is 10.6. The number of benzene rings is 1. The van der Waals surface area contributed by atoms with Crippen LogP contribution in [0, 0.1) is 0 Å². The van der Waals surface area contributed by atoms with Crippen molar-refractivity contribution in [2.24, 2.45) is 0 Å². The summed E-state index contributed by atoms with van der Waals surface area (Å²) in [6, 6.07) is 7.67. The van der Waals surface area contributed by atoms with Crippen LogP contribution in [0.2, 0.25) is 0 Å². The fourth-order valence-corrected chi connectivity index (χ4v) is 4.37. The highest BCUT2D eigenvalue weighted by Gasteiger charge is 2.27. The summed E-state index contributed by atoms with van der Waals surface area (Å²) in [5, 5.41) is 0.909. The van der Waals surface area contributed by atoms with Crippen LogP contribution >= 0.6 is 11.8 Å². The minimum absolute atomic E-state index is 0.0192. The fraction of sp³-hybridized carbons (Fsp3) is 0.571. The van der Waals surface area contributed by atoms with E-state index in [1.165, 1.54) is 11.8 Å². The van der Waals surface area contributed by atoms with Gasteiger partial charge in [-0.25, -0.2) is 4.98 Å². The van der Waals surface area contributed by atoms with Gasteiger partial charge in [-0.15, -0.1) is 0 Å². The molecule has 1 aromatic carbocycles. The molecule has 1 heterocycles. The lowest BCUT2D eigenvalue weighted by Crippen LogP contribution is -2.45. The van der Waals surface area contributed by atoms with Crippen LogP contribution in [-0.2, 0) is 4.79 Å². The van der Waals surface area contributed by atoms with Crippen LogP contribution in [0.15, 0.2) is 34.2 Å². The number of para-hydroxylation sites is 1. The van der Waals surface area contributed by atoms with Crippen molar-refractivity contribution < 1.29 is 4.79 Å². The maximum atomic E-state index is 13.1. The molecule has 1 amide bonds. The molecule has 0 fully saturated rings. The second-order valence-electron chi connectivity index (χ2n) is 7.54. The SMILES string of the molecule is CC[C@H](C)n1c(S[C@@H](C)C(=O)N(C(C)C)C(C)C)nc2ccccc2c1=O. The third-order valence-corrected chi connectivity index (χ3v) is 5.86. The molecule has 0 N–H and O–H groups in total. The monoisotopic (exact) mass is 389 g/mol. The van der Waals surface area contributed by atoms with E-state index in [1.807, 2.05) is 70.7 Å². The zero-order chi connectivity index (χ0) is 20.3. The van der Waals surface area contributed by atoms with Crippen molar-refractivity contribution in [3.05, 3.63) is 34.6 Å². The number of carbonyl (C=O) groups is 1. The van der Waals surface area contributed by atoms with Crippen molar-refractivity contribution in [1.82, 2.24) is 14.5 Å². The van der Waals surface area contributed by atoms with E-state index in [0.717, 1.165) is 6.42 Å². The minimum Gasteiger partial charge on any atom is -0.337 e. The Labute approximate surface area is 166 Å². The van der Waals surface area contributed by atoms with Gasteiger partial charge in [0.15, 0.2) is 5.16 Å². The summed E-state index contributed by atoms with van der Waals surface area (Å²) >= 11 is 1.37. The molecule has 0 aliphatic rings. The van der Waals surface area contributed by atoms with Gasteiger partial charge in [-0.05, 0) is 60.1 Å². The van der Waals surface area contributed by atoms with Crippen LogP contribution in [0.1, 0.15) is 60.9 Å². The zero-order valence-electron chi connectivity index (χ0n) is 17.4. The van der Waals surface area contributed by atoms with E-state index >= 15 is 0 Å². The van der Waals surface area contributed by atoms with Crippen molar-refractivity contribution in [3.63, 3.8) is 0 Å². The third-order valence-electron chi connectivity index (χ3n) is 4.80. The Kier molecular flexibility index (Phi) is 7.09. The molecule has 0 unspecified atom stereocenters. The van der Waals surface area contributed by atoms with E-state index in [-0.39, 0.29) is 34.8 Å². The number of nitrogens with zero attached hydrogens (tertiary/aromatic N) is 3. The minimum atomic E-state index is -0.321. The highest BCUT2D eigenvalue weighted by Crippen LogP contribution is 2.27. The van der Waals surface area contributed by atoms with E-state index in [1.54, 1.807) is 4.57 Å². The quantitative estimate of drug-likeness (QED) is 0.517. The van der Waals surface area contributed by atoms with Crippen molar-refractivity contribution in [2.45, 2.75) is 83.4 Å².